The molecule has 2 aromatic rings. The Hall–Kier alpha value is -2.07. The topological polar surface area (TPSA) is 38.7 Å². The third-order valence-corrected chi connectivity index (χ3v) is 6.33. The quantitative estimate of drug-likeness (QED) is 0.388. The molecule has 2 aromatic carbocycles. The second-order valence-corrected chi connectivity index (χ2v) is 8.75. The van der Waals surface area contributed by atoms with Crippen molar-refractivity contribution in [2.24, 2.45) is 0 Å². The lowest BCUT2D eigenvalue weighted by molar-refractivity contribution is -0.0384. The van der Waals surface area contributed by atoms with Crippen molar-refractivity contribution in [2.75, 3.05) is 13.2 Å². The molecule has 0 saturated heterocycles. The van der Waals surface area contributed by atoms with Crippen molar-refractivity contribution >= 4 is 0 Å². The zero-order chi connectivity index (χ0) is 22.4. The largest absolute Gasteiger partial charge is 0.493 e. The van der Waals surface area contributed by atoms with E-state index in [2.05, 4.69) is 20.8 Å². The third-order valence-electron chi connectivity index (χ3n) is 6.33. The number of ether oxygens (including phenoxy) is 2. The number of unbranched alkanes of at least 4 members (excludes halogenated alkanes) is 2. The molecule has 0 heterocycles. The van der Waals surface area contributed by atoms with Gasteiger partial charge in [0.2, 0.25) is 0 Å². The molecule has 1 aliphatic rings. The first kappa shape index (κ1) is 23.6. The molecule has 3 nitrogen and oxygen atoms in total. The van der Waals surface area contributed by atoms with Gasteiger partial charge in [-0.2, -0.15) is 0 Å². The normalized spacial score (nSPS) is 14.9. The number of aryl methyl sites for hydroxylation is 2. The molecule has 0 aromatic heterocycles. The van der Waals surface area contributed by atoms with Crippen molar-refractivity contribution in [3.63, 3.8) is 0 Å². The maximum Gasteiger partial charge on any atom is 0.134 e. The predicted molar refractivity (Wildman–Crippen MR) is 125 cm³/mol. The van der Waals surface area contributed by atoms with Gasteiger partial charge >= 0.3 is 0 Å². The summed E-state index contributed by atoms with van der Waals surface area (Å²) in [6.45, 7) is 9.52. The van der Waals surface area contributed by atoms with E-state index in [0.717, 1.165) is 66.5 Å². The molecule has 0 unspecified atom stereocenters. The van der Waals surface area contributed by atoms with Crippen LogP contribution in [0.5, 0.6) is 11.5 Å². The van der Waals surface area contributed by atoms with E-state index < -0.39 is 5.60 Å². The standard InChI is InChI=1S/C27H37FO3/c1-5-8-13-30-25-17-23(27(29)11-10-12-27)21(15-19(25)4)22-16-20(7-3)26(18-24(22)28)31-14-9-6-2/h15-18,29H,5-14H2,1-4H3. The van der Waals surface area contributed by atoms with Crippen LogP contribution in [0, 0.1) is 12.7 Å². The molecule has 0 atom stereocenters. The Morgan fingerprint density at radius 1 is 0.903 bits per heavy atom. The molecular formula is C27H37FO3. The lowest BCUT2D eigenvalue weighted by Crippen LogP contribution is -2.34. The number of halogens is 1. The van der Waals surface area contributed by atoms with Crippen molar-refractivity contribution in [2.45, 2.75) is 84.7 Å². The minimum absolute atomic E-state index is 0.313. The van der Waals surface area contributed by atoms with Crippen LogP contribution in [0.3, 0.4) is 0 Å². The number of aliphatic hydroxyl groups is 1. The van der Waals surface area contributed by atoms with Crippen molar-refractivity contribution in [1.82, 2.24) is 0 Å². The Balaban J connectivity index is 2.05. The van der Waals surface area contributed by atoms with Crippen molar-refractivity contribution in [3.05, 3.63) is 46.8 Å². The lowest BCUT2D eigenvalue weighted by Gasteiger charge is -2.39. The van der Waals surface area contributed by atoms with E-state index >= 15 is 4.39 Å². The summed E-state index contributed by atoms with van der Waals surface area (Å²) in [5.74, 6) is 1.09. The summed E-state index contributed by atoms with van der Waals surface area (Å²) in [5.41, 5.74) is 3.09. The number of hydrogen-bond donors (Lipinski definition) is 1. The minimum Gasteiger partial charge on any atom is -0.493 e. The summed E-state index contributed by atoms with van der Waals surface area (Å²) in [5, 5.41) is 11.2. The molecule has 0 amide bonds. The Bertz CT molecular complexity index is 887. The van der Waals surface area contributed by atoms with Gasteiger partial charge in [0.25, 0.3) is 0 Å². The summed E-state index contributed by atoms with van der Waals surface area (Å²) in [4.78, 5) is 0. The van der Waals surface area contributed by atoms with Crippen LogP contribution < -0.4 is 9.47 Å². The van der Waals surface area contributed by atoms with E-state index in [0.29, 0.717) is 37.4 Å². The van der Waals surface area contributed by atoms with Gasteiger partial charge in [-0.1, -0.05) is 33.6 Å². The van der Waals surface area contributed by atoms with Gasteiger partial charge < -0.3 is 14.6 Å². The Labute approximate surface area is 186 Å². The average molecular weight is 429 g/mol. The van der Waals surface area contributed by atoms with Crippen LogP contribution in [-0.2, 0) is 12.0 Å². The zero-order valence-electron chi connectivity index (χ0n) is 19.5. The van der Waals surface area contributed by atoms with E-state index in [1.807, 2.05) is 25.1 Å². The van der Waals surface area contributed by atoms with Crippen LogP contribution in [0.4, 0.5) is 4.39 Å². The molecule has 170 valence electrons. The molecule has 0 aliphatic heterocycles. The van der Waals surface area contributed by atoms with E-state index in [1.54, 1.807) is 0 Å². The van der Waals surface area contributed by atoms with Crippen LogP contribution in [0.1, 0.15) is 82.4 Å². The minimum atomic E-state index is -0.916. The molecule has 3 rings (SSSR count). The highest BCUT2D eigenvalue weighted by atomic mass is 19.1. The maximum absolute atomic E-state index is 15.3. The number of hydrogen-bond acceptors (Lipinski definition) is 3. The van der Waals surface area contributed by atoms with Gasteiger partial charge in [-0.3, -0.25) is 0 Å². The highest BCUT2D eigenvalue weighted by Crippen LogP contribution is 2.47. The molecule has 1 N–H and O–H groups in total. The molecule has 0 spiro atoms. The Morgan fingerprint density at radius 3 is 2.10 bits per heavy atom. The molecular weight excluding hydrogens is 391 g/mol. The van der Waals surface area contributed by atoms with E-state index in [9.17, 15) is 5.11 Å². The van der Waals surface area contributed by atoms with Crippen LogP contribution in [-0.4, -0.2) is 18.3 Å². The van der Waals surface area contributed by atoms with Crippen LogP contribution in [0.15, 0.2) is 24.3 Å². The summed E-state index contributed by atoms with van der Waals surface area (Å²) >= 11 is 0. The van der Waals surface area contributed by atoms with Crippen LogP contribution >= 0.6 is 0 Å². The molecule has 31 heavy (non-hydrogen) atoms. The third kappa shape index (κ3) is 5.23. The van der Waals surface area contributed by atoms with Crippen molar-refractivity contribution < 1.29 is 19.0 Å². The smallest absolute Gasteiger partial charge is 0.134 e. The zero-order valence-corrected chi connectivity index (χ0v) is 19.5. The molecule has 4 heteroatoms. The van der Waals surface area contributed by atoms with Crippen LogP contribution in [0.25, 0.3) is 11.1 Å². The first-order chi connectivity index (χ1) is 14.9. The lowest BCUT2D eigenvalue weighted by atomic mass is 9.72. The van der Waals surface area contributed by atoms with Crippen molar-refractivity contribution in [1.29, 1.82) is 0 Å². The van der Waals surface area contributed by atoms with Gasteiger partial charge in [-0.05, 0) is 85.9 Å². The highest BCUT2D eigenvalue weighted by molar-refractivity contribution is 5.73. The monoisotopic (exact) mass is 428 g/mol. The SMILES string of the molecule is CCCCOc1cc(C2(O)CCC2)c(-c2cc(CC)c(OCCCC)cc2F)cc1C. The first-order valence-electron chi connectivity index (χ1n) is 11.9. The Kier molecular flexibility index (Phi) is 7.99. The summed E-state index contributed by atoms with van der Waals surface area (Å²) in [6, 6.07) is 7.33. The maximum atomic E-state index is 15.3. The van der Waals surface area contributed by atoms with Gasteiger partial charge in [-0.15, -0.1) is 0 Å². The van der Waals surface area contributed by atoms with Gasteiger partial charge in [0.15, 0.2) is 0 Å². The molecule has 0 bridgehead atoms. The van der Waals surface area contributed by atoms with Gasteiger partial charge in [0.05, 0.1) is 18.8 Å². The fourth-order valence-electron chi connectivity index (χ4n) is 4.10. The second kappa shape index (κ2) is 10.5. The van der Waals surface area contributed by atoms with E-state index in [1.165, 1.54) is 6.07 Å². The first-order valence-corrected chi connectivity index (χ1v) is 11.9. The number of benzene rings is 2. The molecule has 1 aliphatic carbocycles. The molecule has 0 radical (unpaired) electrons. The number of rotatable bonds is 11. The second-order valence-electron chi connectivity index (χ2n) is 8.75. The van der Waals surface area contributed by atoms with Gasteiger partial charge in [0.1, 0.15) is 17.3 Å². The summed E-state index contributed by atoms with van der Waals surface area (Å²) in [6.07, 6.45) is 7.14. The highest BCUT2D eigenvalue weighted by Gasteiger charge is 2.39. The average Bonchev–Trinajstić information content (AvgIpc) is 2.73. The fourth-order valence-corrected chi connectivity index (χ4v) is 4.10. The van der Waals surface area contributed by atoms with Crippen LogP contribution in [0.2, 0.25) is 0 Å². The summed E-state index contributed by atoms with van der Waals surface area (Å²) < 4.78 is 27.2. The Morgan fingerprint density at radius 2 is 1.55 bits per heavy atom. The van der Waals surface area contributed by atoms with Gasteiger partial charge in [0, 0.05) is 11.6 Å². The van der Waals surface area contributed by atoms with Crippen molar-refractivity contribution in [3.8, 4) is 22.6 Å². The predicted octanol–water partition coefficient (Wildman–Crippen LogP) is 7.09. The fraction of sp³-hybridized carbons (Fsp3) is 0.556. The van der Waals surface area contributed by atoms with E-state index in [4.69, 9.17) is 9.47 Å². The molecule has 1 fully saturated rings. The van der Waals surface area contributed by atoms with Gasteiger partial charge in [-0.25, -0.2) is 4.39 Å². The summed E-state index contributed by atoms with van der Waals surface area (Å²) in [7, 11) is 0. The molecule has 1 saturated carbocycles. The van der Waals surface area contributed by atoms with E-state index in [-0.39, 0.29) is 5.82 Å².